The summed E-state index contributed by atoms with van der Waals surface area (Å²) in [5.41, 5.74) is 0. The maximum absolute atomic E-state index is 11.6. The molecule has 0 saturated heterocycles. The molecule has 0 unspecified atom stereocenters. The van der Waals surface area contributed by atoms with Crippen LogP contribution in [0, 0.1) is 5.92 Å². The van der Waals surface area contributed by atoms with Crippen LogP contribution in [-0.2, 0) is 9.22 Å². The molecule has 0 fully saturated rings. The summed E-state index contributed by atoms with van der Waals surface area (Å²) >= 11 is 0. The quantitative estimate of drug-likeness (QED) is 0.220. The molecule has 0 aliphatic carbocycles. The molecule has 0 aromatic heterocycles. The van der Waals surface area contributed by atoms with Gasteiger partial charge < -0.3 is 4.43 Å². The van der Waals surface area contributed by atoms with Crippen molar-refractivity contribution < 1.29 is 9.22 Å². The van der Waals surface area contributed by atoms with Gasteiger partial charge in [0.25, 0.3) is 5.97 Å². The Morgan fingerprint density at radius 2 is 1.45 bits per heavy atom. The third kappa shape index (κ3) is 17.5. The summed E-state index contributed by atoms with van der Waals surface area (Å²) in [6, 6.07) is 0. The Hall–Kier alpha value is -0.573. The Morgan fingerprint density at radius 1 is 0.909 bits per heavy atom. The molecular weight excluding hydrogens is 288 g/mol. The number of hydrogen-bond acceptors (Lipinski definition) is 2. The van der Waals surface area contributed by atoms with Gasteiger partial charge in [0.05, 0.1) is 0 Å². The number of carbonyl (C=O) groups is 1. The topological polar surface area (TPSA) is 26.3 Å². The minimum absolute atomic E-state index is 0.00968. The zero-order valence-electron chi connectivity index (χ0n) is 15.6. The van der Waals surface area contributed by atoms with Crippen molar-refractivity contribution in [2.45, 2.75) is 97.7 Å². The Morgan fingerprint density at radius 3 is 2.00 bits per heavy atom. The average Bonchev–Trinajstić information content (AvgIpc) is 2.37. The highest BCUT2D eigenvalue weighted by Crippen LogP contribution is 2.11. The maximum Gasteiger partial charge on any atom is 0.292 e. The molecule has 0 rings (SSSR count). The minimum atomic E-state index is -1.69. The third-order valence-corrected chi connectivity index (χ3v) is 4.33. The van der Waals surface area contributed by atoms with Gasteiger partial charge >= 0.3 is 0 Å². The first kappa shape index (κ1) is 21.4. The van der Waals surface area contributed by atoms with Crippen LogP contribution in [0.1, 0.15) is 78.1 Å². The maximum atomic E-state index is 11.6. The second-order valence-corrected chi connectivity index (χ2v) is 12.1. The Balaban J connectivity index is 3.33. The first-order chi connectivity index (χ1) is 10.3. The zero-order valence-corrected chi connectivity index (χ0v) is 16.6. The lowest BCUT2D eigenvalue weighted by molar-refractivity contribution is -0.135. The van der Waals surface area contributed by atoms with Crippen LogP contribution in [-0.4, -0.2) is 14.3 Å². The van der Waals surface area contributed by atoms with Crippen molar-refractivity contribution in [3.63, 3.8) is 0 Å². The van der Waals surface area contributed by atoms with Crippen LogP contribution in [0.15, 0.2) is 12.2 Å². The van der Waals surface area contributed by atoms with Crippen molar-refractivity contribution in [3.05, 3.63) is 12.2 Å². The summed E-state index contributed by atoms with van der Waals surface area (Å²) < 4.78 is 5.43. The van der Waals surface area contributed by atoms with E-state index in [2.05, 4.69) is 45.6 Å². The van der Waals surface area contributed by atoms with E-state index in [9.17, 15) is 4.79 Å². The molecule has 0 aliphatic heterocycles. The van der Waals surface area contributed by atoms with E-state index in [0.717, 1.165) is 25.2 Å². The first-order valence-corrected chi connectivity index (χ1v) is 12.6. The lowest BCUT2D eigenvalue weighted by Crippen LogP contribution is -2.28. The monoisotopic (exact) mass is 326 g/mol. The van der Waals surface area contributed by atoms with Gasteiger partial charge in [0.2, 0.25) is 8.32 Å². The second kappa shape index (κ2) is 12.9. The van der Waals surface area contributed by atoms with Gasteiger partial charge in [-0.3, -0.25) is 4.79 Å². The fourth-order valence-corrected chi connectivity index (χ4v) is 3.11. The molecule has 0 N–H and O–H groups in total. The highest BCUT2D eigenvalue weighted by Gasteiger charge is 2.19. The van der Waals surface area contributed by atoms with Crippen molar-refractivity contribution in [1.29, 1.82) is 0 Å². The number of rotatable bonds is 13. The fraction of sp³-hybridized carbons (Fsp3) is 0.842. The number of allylic oxidation sites excluding steroid dienone is 2. The Bertz CT molecular complexity index is 303. The molecular formula is C19H38O2Si. The van der Waals surface area contributed by atoms with E-state index in [4.69, 9.17) is 4.43 Å². The van der Waals surface area contributed by atoms with Crippen molar-refractivity contribution in [2.75, 3.05) is 0 Å². The van der Waals surface area contributed by atoms with Gasteiger partial charge in [-0.05, 0) is 57.7 Å². The summed E-state index contributed by atoms with van der Waals surface area (Å²) in [5.74, 6) is 0.840. The molecule has 2 nitrogen and oxygen atoms in total. The second-order valence-electron chi connectivity index (χ2n) is 7.69. The smallest absolute Gasteiger partial charge is 0.292 e. The number of unbranched alkanes of at least 4 members (excludes halogenated alkanes) is 6. The molecule has 130 valence electrons. The van der Waals surface area contributed by atoms with Crippen LogP contribution in [0.5, 0.6) is 0 Å². The molecule has 0 saturated carbocycles. The van der Waals surface area contributed by atoms with Gasteiger partial charge in [-0.1, -0.05) is 51.7 Å². The van der Waals surface area contributed by atoms with Gasteiger partial charge in [-0.2, -0.15) is 0 Å². The van der Waals surface area contributed by atoms with Gasteiger partial charge in [0, 0.05) is 6.42 Å². The van der Waals surface area contributed by atoms with Crippen LogP contribution >= 0.6 is 0 Å². The highest BCUT2D eigenvalue weighted by molar-refractivity contribution is 6.71. The van der Waals surface area contributed by atoms with Crippen molar-refractivity contribution in [1.82, 2.24) is 0 Å². The van der Waals surface area contributed by atoms with E-state index in [0.29, 0.717) is 6.42 Å². The minimum Gasteiger partial charge on any atom is -0.520 e. The largest absolute Gasteiger partial charge is 0.520 e. The van der Waals surface area contributed by atoms with Crippen LogP contribution in [0.4, 0.5) is 0 Å². The Labute approximate surface area is 139 Å². The molecule has 0 heterocycles. The highest BCUT2D eigenvalue weighted by atomic mass is 28.4. The molecule has 0 aromatic carbocycles. The predicted molar refractivity (Wildman–Crippen MR) is 99.6 cm³/mol. The van der Waals surface area contributed by atoms with Crippen molar-refractivity contribution >= 4 is 14.3 Å². The summed E-state index contributed by atoms with van der Waals surface area (Å²) in [4.78, 5) is 11.6. The molecule has 3 heteroatoms. The Kier molecular flexibility index (Phi) is 12.6. The summed E-state index contributed by atoms with van der Waals surface area (Å²) in [6.45, 7) is 10.8. The molecule has 0 aromatic rings. The van der Waals surface area contributed by atoms with Crippen molar-refractivity contribution in [3.8, 4) is 0 Å². The van der Waals surface area contributed by atoms with Crippen LogP contribution in [0.25, 0.3) is 0 Å². The van der Waals surface area contributed by atoms with E-state index in [-0.39, 0.29) is 5.97 Å². The molecule has 0 aliphatic rings. The van der Waals surface area contributed by atoms with Crippen LogP contribution < -0.4 is 0 Å². The van der Waals surface area contributed by atoms with Crippen LogP contribution in [0.3, 0.4) is 0 Å². The number of carbonyl (C=O) groups excluding carboxylic acids is 1. The van der Waals surface area contributed by atoms with Crippen molar-refractivity contribution in [2.24, 2.45) is 5.92 Å². The molecule has 0 bridgehead atoms. The average molecular weight is 327 g/mol. The standard InChI is InChI=1S/C19H38O2Si/c1-18(2)16-14-12-10-8-6-7-9-11-13-15-17-19(20)21-22(3,4)5/h7,9,18H,6,8,10-17H2,1-5H3/b9-7+. The molecule has 0 radical (unpaired) electrons. The van der Waals surface area contributed by atoms with Gasteiger partial charge in [0.1, 0.15) is 0 Å². The van der Waals surface area contributed by atoms with E-state index in [1.165, 1.54) is 38.5 Å². The SMILES string of the molecule is CC(C)CCCCCC/C=C/CCCCC(=O)O[Si](C)(C)C. The lowest BCUT2D eigenvalue weighted by Gasteiger charge is -2.16. The van der Waals surface area contributed by atoms with Gasteiger partial charge in [-0.25, -0.2) is 0 Å². The zero-order chi connectivity index (χ0) is 16.8. The van der Waals surface area contributed by atoms with E-state index >= 15 is 0 Å². The molecule has 22 heavy (non-hydrogen) atoms. The van der Waals surface area contributed by atoms with Crippen LogP contribution in [0.2, 0.25) is 19.6 Å². The third-order valence-electron chi connectivity index (χ3n) is 3.49. The van der Waals surface area contributed by atoms with Gasteiger partial charge in [0.15, 0.2) is 0 Å². The lowest BCUT2D eigenvalue weighted by atomic mass is 10.0. The summed E-state index contributed by atoms with van der Waals surface area (Å²) in [6.07, 6.45) is 16.3. The molecule has 0 spiro atoms. The summed E-state index contributed by atoms with van der Waals surface area (Å²) in [5, 5.41) is 0. The first-order valence-electron chi connectivity index (χ1n) is 9.18. The molecule has 0 amide bonds. The fourth-order valence-electron chi connectivity index (χ4n) is 2.33. The van der Waals surface area contributed by atoms with Gasteiger partial charge in [-0.15, -0.1) is 0 Å². The normalized spacial score (nSPS) is 12.3. The van der Waals surface area contributed by atoms with E-state index in [1.807, 2.05) is 0 Å². The summed E-state index contributed by atoms with van der Waals surface area (Å²) in [7, 11) is -1.69. The number of hydrogen-bond donors (Lipinski definition) is 0. The molecule has 0 atom stereocenters. The predicted octanol–water partition coefficient (Wildman–Crippen LogP) is 6.48. The van der Waals surface area contributed by atoms with E-state index in [1.54, 1.807) is 0 Å². The van der Waals surface area contributed by atoms with E-state index < -0.39 is 8.32 Å².